The molecule has 2 heterocycles. The number of phosphoric acid groups is 3. The molecule has 0 saturated carbocycles. The van der Waals surface area contributed by atoms with Crippen molar-refractivity contribution in [3.05, 3.63) is 43.5 Å². The first kappa shape index (κ1) is 26.6. The summed E-state index contributed by atoms with van der Waals surface area (Å²) in [7, 11) is -16.8. The van der Waals surface area contributed by atoms with Crippen molar-refractivity contribution < 1.29 is 56.3 Å². The van der Waals surface area contributed by atoms with Gasteiger partial charge in [-0.2, -0.15) is 8.62 Å². The number of aliphatic hydroxyl groups is 1. The molecule has 32 heavy (non-hydrogen) atoms. The second-order valence-corrected chi connectivity index (χ2v) is 10.5. The van der Waals surface area contributed by atoms with Crippen LogP contribution >= 0.6 is 23.5 Å². The van der Waals surface area contributed by atoms with Gasteiger partial charge in [-0.15, -0.1) is 0 Å². The number of ether oxygens (including phenoxy) is 1. The van der Waals surface area contributed by atoms with Crippen LogP contribution in [-0.2, 0) is 31.6 Å². The summed E-state index contributed by atoms with van der Waals surface area (Å²) in [5.74, 6) is -1.14. The lowest BCUT2D eigenvalue weighted by Crippen LogP contribution is -2.36. The summed E-state index contributed by atoms with van der Waals surface area (Å²) in [6.07, 6.45) is -3.40. The molecule has 1 aliphatic heterocycles. The second-order valence-electron chi connectivity index (χ2n) is 6.04. The van der Waals surface area contributed by atoms with Gasteiger partial charge in [0.05, 0.1) is 12.7 Å². The largest absolute Gasteiger partial charge is 0.490 e. The van der Waals surface area contributed by atoms with Crippen molar-refractivity contribution in [1.82, 2.24) is 9.55 Å². The van der Waals surface area contributed by atoms with Gasteiger partial charge >= 0.3 is 29.2 Å². The maximum Gasteiger partial charge on any atom is 0.490 e. The molecule has 0 bridgehead atoms. The monoisotopic (exact) mass is 523 g/mol. The van der Waals surface area contributed by atoms with Gasteiger partial charge in [0, 0.05) is 29.6 Å². The Morgan fingerprint density at radius 1 is 1.19 bits per heavy atom. The first-order valence-electron chi connectivity index (χ1n) is 8.08. The fourth-order valence-corrected chi connectivity index (χ4v) is 5.67. The first-order valence-corrected chi connectivity index (χ1v) is 12.6. The lowest BCUT2D eigenvalue weighted by molar-refractivity contribution is -0.0528. The highest BCUT2D eigenvalue weighted by Crippen LogP contribution is 2.66. The Morgan fingerprint density at radius 3 is 2.41 bits per heavy atom. The summed E-state index contributed by atoms with van der Waals surface area (Å²) >= 11 is 0. The normalized spacial score (nSPS) is 27.3. The molecule has 0 spiro atoms. The Morgan fingerprint density at radius 2 is 1.84 bits per heavy atom. The van der Waals surface area contributed by atoms with Gasteiger partial charge < -0.3 is 29.4 Å². The molecule has 1 aromatic heterocycles. The van der Waals surface area contributed by atoms with Gasteiger partial charge in [-0.1, -0.05) is 5.11 Å². The number of H-pyrrole nitrogens is 1. The minimum atomic E-state index is -5.75. The molecule has 0 aromatic carbocycles. The molecule has 1 saturated heterocycles. The van der Waals surface area contributed by atoms with Gasteiger partial charge in [-0.3, -0.25) is 18.9 Å². The zero-order chi connectivity index (χ0) is 24.3. The summed E-state index contributed by atoms with van der Waals surface area (Å²) in [6.45, 7) is -1.41. The van der Waals surface area contributed by atoms with Crippen LogP contribution in [0.25, 0.3) is 10.4 Å². The smallest absolute Gasteiger partial charge is 0.388 e. The third-order valence-corrected chi connectivity index (χ3v) is 7.62. The number of hydrogen-bond donors (Lipinski definition) is 6. The fourth-order valence-electron chi connectivity index (χ4n) is 2.64. The van der Waals surface area contributed by atoms with Gasteiger partial charge in [-0.05, 0) is 5.53 Å². The van der Waals surface area contributed by atoms with E-state index in [1.165, 1.54) is 0 Å². The Balaban J connectivity index is 2.19. The molecule has 19 nitrogen and oxygen atoms in total. The number of azide groups is 1. The molecular formula is C10H16N5O14P3. The fraction of sp³-hybridized carbons (Fsp3) is 0.600. The number of aliphatic hydroxyl groups excluding tert-OH is 1. The Labute approximate surface area is 176 Å². The van der Waals surface area contributed by atoms with Crippen molar-refractivity contribution >= 4 is 23.5 Å². The molecule has 1 aliphatic rings. The van der Waals surface area contributed by atoms with Crippen LogP contribution in [-0.4, -0.2) is 59.6 Å². The van der Waals surface area contributed by atoms with E-state index in [4.69, 9.17) is 24.9 Å². The molecule has 2 unspecified atom stereocenters. The molecule has 1 fully saturated rings. The van der Waals surface area contributed by atoms with E-state index in [2.05, 4.69) is 23.2 Å². The molecule has 6 N–H and O–H groups in total. The zero-order valence-corrected chi connectivity index (χ0v) is 18.1. The predicted molar refractivity (Wildman–Crippen MR) is 98.6 cm³/mol. The molecule has 2 rings (SSSR count). The van der Waals surface area contributed by atoms with Crippen molar-refractivity contribution in [2.75, 3.05) is 13.2 Å². The summed E-state index contributed by atoms with van der Waals surface area (Å²) in [5.41, 5.74) is 6.79. The van der Waals surface area contributed by atoms with Crippen LogP contribution in [0, 0.1) is 5.92 Å². The quantitative estimate of drug-likeness (QED) is 0.0934. The number of rotatable bonds is 10. The van der Waals surface area contributed by atoms with Gasteiger partial charge in [0.1, 0.15) is 6.10 Å². The van der Waals surface area contributed by atoms with E-state index < -0.39 is 72.2 Å². The summed E-state index contributed by atoms with van der Waals surface area (Å²) in [5, 5.41) is 13.7. The van der Waals surface area contributed by atoms with Crippen LogP contribution < -0.4 is 11.2 Å². The molecule has 0 amide bonds. The number of hydrogen-bond acceptors (Lipinski definition) is 11. The molecule has 1 aromatic rings. The highest BCUT2D eigenvalue weighted by Gasteiger charge is 2.47. The lowest BCUT2D eigenvalue weighted by atomic mass is 9.98. The average molecular weight is 523 g/mol. The molecule has 22 heteroatoms. The van der Waals surface area contributed by atoms with Gasteiger partial charge in [0.2, 0.25) is 0 Å². The van der Waals surface area contributed by atoms with Crippen LogP contribution in [0.5, 0.6) is 0 Å². The molecule has 0 radical (unpaired) electrons. The highest BCUT2D eigenvalue weighted by molar-refractivity contribution is 7.66. The van der Waals surface area contributed by atoms with E-state index in [-0.39, 0.29) is 0 Å². The van der Waals surface area contributed by atoms with E-state index in [1.807, 2.05) is 4.98 Å². The Hall–Kier alpha value is -1.68. The highest BCUT2D eigenvalue weighted by atomic mass is 31.3. The molecule has 0 aliphatic carbocycles. The van der Waals surface area contributed by atoms with E-state index in [0.717, 1.165) is 16.8 Å². The second kappa shape index (κ2) is 10.1. The minimum absolute atomic E-state index is 0.448. The molecular weight excluding hydrogens is 507 g/mol. The number of nitrogens with one attached hydrogen (secondary N) is 1. The first-order chi connectivity index (χ1) is 14.6. The number of phosphoric ester groups is 1. The maximum atomic E-state index is 11.9. The Bertz CT molecular complexity index is 1140. The summed E-state index contributed by atoms with van der Waals surface area (Å²) < 4.78 is 51.6. The predicted octanol–water partition coefficient (Wildman–Crippen LogP) is -0.935. The van der Waals surface area contributed by atoms with Gasteiger partial charge in [-0.25, -0.2) is 18.5 Å². The van der Waals surface area contributed by atoms with Crippen LogP contribution in [0.15, 0.2) is 27.0 Å². The summed E-state index contributed by atoms with van der Waals surface area (Å²) in [4.78, 5) is 63.3. The van der Waals surface area contributed by atoms with E-state index in [9.17, 15) is 33.3 Å². The standard InChI is InChI=1S/C10H16N5O14P3/c11-14-12-3-5-6(4-26-31(22,23)29-32(24,25)28-30(19,20)21)27-9(8(5)17)15-2-1-7(16)13-10(15)18/h1-2,5-6,8-9,17H,3-4H2,(H,22,23)(H,24,25)(H,13,16,18)(H2,19,20,21)/t5-,6-,8-,9-/m1/s1. The average Bonchev–Trinajstić information content (AvgIpc) is 2.91. The number of aromatic amines is 1. The van der Waals surface area contributed by atoms with Gasteiger partial charge in [0.25, 0.3) is 5.56 Å². The van der Waals surface area contributed by atoms with Crippen molar-refractivity contribution in [2.45, 2.75) is 18.4 Å². The maximum absolute atomic E-state index is 11.9. The van der Waals surface area contributed by atoms with Crippen molar-refractivity contribution in [1.29, 1.82) is 0 Å². The molecule has 6 atom stereocenters. The van der Waals surface area contributed by atoms with E-state index >= 15 is 0 Å². The van der Waals surface area contributed by atoms with Crippen LogP contribution in [0.2, 0.25) is 0 Å². The summed E-state index contributed by atoms with van der Waals surface area (Å²) in [6, 6.07) is 0.944. The number of aromatic nitrogens is 2. The van der Waals surface area contributed by atoms with Crippen LogP contribution in [0.3, 0.4) is 0 Å². The minimum Gasteiger partial charge on any atom is -0.388 e. The van der Waals surface area contributed by atoms with Crippen LogP contribution in [0.1, 0.15) is 6.23 Å². The van der Waals surface area contributed by atoms with Crippen molar-refractivity contribution in [3.8, 4) is 0 Å². The third-order valence-electron chi connectivity index (χ3n) is 3.82. The SMILES string of the molecule is [N-]=[N+]=NC[C@H]1[C@@H](O)[C@H](n2ccc(=O)[nH]c2=O)O[C@@H]1COP(=O)(O)OP(=O)(O)OP(=O)(O)O. The number of nitrogens with zero attached hydrogens (tertiary/aromatic N) is 4. The van der Waals surface area contributed by atoms with Crippen molar-refractivity contribution in [2.24, 2.45) is 11.0 Å². The van der Waals surface area contributed by atoms with E-state index in [1.54, 1.807) is 0 Å². The van der Waals surface area contributed by atoms with Gasteiger partial charge in [0.15, 0.2) is 6.23 Å². The van der Waals surface area contributed by atoms with E-state index in [0.29, 0.717) is 0 Å². The molecule has 180 valence electrons. The lowest BCUT2D eigenvalue weighted by Gasteiger charge is -2.20. The third kappa shape index (κ3) is 7.43. The van der Waals surface area contributed by atoms with Crippen molar-refractivity contribution in [3.63, 3.8) is 0 Å². The van der Waals surface area contributed by atoms with Crippen LogP contribution in [0.4, 0.5) is 0 Å². The topological polar surface area (TPSA) is 293 Å². The zero-order valence-electron chi connectivity index (χ0n) is 15.4. The Kier molecular flexibility index (Phi) is 8.36.